The van der Waals surface area contributed by atoms with E-state index in [0.717, 1.165) is 43.4 Å². The van der Waals surface area contributed by atoms with Crippen molar-refractivity contribution in [1.29, 1.82) is 0 Å². The van der Waals surface area contributed by atoms with Crippen LogP contribution in [0, 0.1) is 5.92 Å². The predicted octanol–water partition coefficient (Wildman–Crippen LogP) is 1.52. The third-order valence-electron chi connectivity index (χ3n) is 5.34. The lowest BCUT2D eigenvalue weighted by Crippen LogP contribution is -2.36. The summed E-state index contributed by atoms with van der Waals surface area (Å²) in [6.07, 6.45) is 4.13. The van der Waals surface area contributed by atoms with Crippen molar-refractivity contribution in [2.24, 2.45) is 16.1 Å². The highest BCUT2D eigenvalue weighted by Crippen LogP contribution is 2.38. The molecule has 2 heterocycles. The molecule has 3 rings (SSSR count). The number of primary amides is 1. The molecule has 1 aliphatic heterocycles. The average Bonchev–Trinajstić information content (AvgIpc) is 2.75. The number of carbonyl (C=O) groups is 1. The van der Waals surface area contributed by atoms with Gasteiger partial charge in [0.1, 0.15) is 0 Å². The second-order valence-electron chi connectivity index (χ2n) is 7.04. The molecule has 0 unspecified atom stereocenters. The fourth-order valence-corrected chi connectivity index (χ4v) is 4.04. The molecule has 1 aromatic heterocycles. The molecule has 1 amide bonds. The van der Waals surface area contributed by atoms with Crippen LogP contribution in [-0.4, -0.2) is 53.2 Å². The Hall–Kier alpha value is -2.92. The third-order valence-corrected chi connectivity index (χ3v) is 5.62. The predicted molar refractivity (Wildman–Crippen MR) is 112 cm³/mol. The maximum atomic E-state index is 12.1. The number of hydrogen-bond acceptors (Lipinski definition) is 8. The standard InChI is InChI=1S/C19H25N5O5S/c1-28-16-9-13-15(10-17(16)29-2)21-11-14(19(20)25)18(13)24-7-4-12(5-8-24)3-6-22-23-30(26)27/h9-12,22H,3-8H2,1-2H3,(H2,20,25). The summed E-state index contributed by atoms with van der Waals surface area (Å²) in [4.78, 5) is 18.6. The molecule has 1 aromatic carbocycles. The molecule has 1 aliphatic rings. The van der Waals surface area contributed by atoms with Crippen LogP contribution >= 0.6 is 0 Å². The third kappa shape index (κ3) is 4.79. The highest BCUT2D eigenvalue weighted by molar-refractivity contribution is 7.61. The van der Waals surface area contributed by atoms with Crippen LogP contribution in [0.4, 0.5) is 5.69 Å². The van der Waals surface area contributed by atoms with Gasteiger partial charge in [0.25, 0.3) is 5.91 Å². The van der Waals surface area contributed by atoms with E-state index in [9.17, 15) is 13.2 Å². The van der Waals surface area contributed by atoms with E-state index in [-0.39, 0.29) is 0 Å². The minimum Gasteiger partial charge on any atom is -0.493 e. The summed E-state index contributed by atoms with van der Waals surface area (Å²) < 4.78 is 34.9. The second-order valence-corrected chi connectivity index (χ2v) is 7.66. The number of piperidine rings is 1. The van der Waals surface area contributed by atoms with Crippen molar-refractivity contribution < 1.29 is 22.7 Å². The summed E-state index contributed by atoms with van der Waals surface area (Å²) in [5, 5.41) is 0.779. The number of nitrogens with zero attached hydrogens (tertiary/aromatic N) is 3. The van der Waals surface area contributed by atoms with Crippen LogP contribution in [-0.2, 0) is 10.5 Å². The van der Waals surface area contributed by atoms with Crippen molar-refractivity contribution >= 4 is 33.0 Å². The second kappa shape index (κ2) is 9.72. The molecule has 162 valence electrons. The van der Waals surface area contributed by atoms with Crippen molar-refractivity contribution in [3.63, 3.8) is 0 Å². The Morgan fingerprint density at radius 2 is 1.93 bits per heavy atom. The number of nitrogens with one attached hydrogen (secondary N) is 1. The topological polar surface area (TPSA) is 136 Å². The summed E-state index contributed by atoms with van der Waals surface area (Å²) in [5.74, 6) is 1.01. The number of anilines is 1. The summed E-state index contributed by atoms with van der Waals surface area (Å²) in [5.41, 5.74) is 10.00. The molecular formula is C19H25N5O5S. The van der Waals surface area contributed by atoms with Gasteiger partial charge in [-0.15, -0.1) is 0 Å². The number of nitrogens with two attached hydrogens (primary N) is 1. The summed E-state index contributed by atoms with van der Waals surface area (Å²) in [7, 11) is 0.676. The number of fused-ring (bicyclic) bond motifs is 1. The number of benzene rings is 1. The zero-order valence-corrected chi connectivity index (χ0v) is 17.7. The van der Waals surface area contributed by atoms with Gasteiger partial charge >= 0.3 is 10.5 Å². The van der Waals surface area contributed by atoms with E-state index in [1.807, 2.05) is 6.07 Å². The molecular weight excluding hydrogens is 410 g/mol. The van der Waals surface area contributed by atoms with Gasteiger partial charge in [0.15, 0.2) is 11.5 Å². The Morgan fingerprint density at radius 1 is 1.27 bits per heavy atom. The normalized spacial score (nSPS) is 14.5. The zero-order valence-electron chi connectivity index (χ0n) is 16.9. The van der Waals surface area contributed by atoms with E-state index < -0.39 is 16.4 Å². The number of rotatable bonds is 8. The van der Waals surface area contributed by atoms with Gasteiger partial charge in [-0.25, -0.2) is 0 Å². The molecule has 11 heteroatoms. The van der Waals surface area contributed by atoms with Gasteiger partial charge in [-0.05, 0) is 31.2 Å². The zero-order chi connectivity index (χ0) is 21.7. The first kappa shape index (κ1) is 21.8. The van der Waals surface area contributed by atoms with Gasteiger partial charge in [-0.2, -0.15) is 13.8 Å². The van der Waals surface area contributed by atoms with Crippen molar-refractivity contribution in [2.45, 2.75) is 19.3 Å². The van der Waals surface area contributed by atoms with Crippen molar-refractivity contribution in [1.82, 2.24) is 10.4 Å². The van der Waals surface area contributed by atoms with Crippen LogP contribution in [0.25, 0.3) is 10.9 Å². The molecule has 0 radical (unpaired) electrons. The smallest absolute Gasteiger partial charge is 0.327 e. The SMILES string of the molecule is COc1cc2ncc(C(N)=O)c(N3CCC(CCNN=S(=O)=O)CC3)c2cc1OC. The van der Waals surface area contributed by atoms with Crippen LogP contribution in [0.15, 0.2) is 22.8 Å². The van der Waals surface area contributed by atoms with E-state index in [1.165, 1.54) is 6.20 Å². The van der Waals surface area contributed by atoms with Crippen LogP contribution in [0.1, 0.15) is 29.6 Å². The van der Waals surface area contributed by atoms with E-state index in [4.69, 9.17) is 15.2 Å². The van der Waals surface area contributed by atoms with E-state index in [2.05, 4.69) is 19.8 Å². The molecule has 0 spiro atoms. The van der Waals surface area contributed by atoms with Crippen molar-refractivity contribution in [3.05, 3.63) is 23.9 Å². The number of pyridine rings is 1. The molecule has 10 nitrogen and oxygen atoms in total. The monoisotopic (exact) mass is 435 g/mol. The Balaban J connectivity index is 1.86. The number of carbonyl (C=O) groups excluding carboxylic acids is 1. The molecule has 0 saturated carbocycles. The summed E-state index contributed by atoms with van der Waals surface area (Å²) >= 11 is 0. The van der Waals surface area contributed by atoms with E-state index >= 15 is 0 Å². The van der Waals surface area contributed by atoms with Gasteiger partial charge in [-0.1, -0.05) is 4.47 Å². The van der Waals surface area contributed by atoms with Crippen LogP contribution in [0.5, 0.6) is 11.5 Å². The molecule has 0 atom stereocenters. The lowest BCUT2D eigenvalue weighted by Gasteiger charge is -2.35. The van der Waals surface area contributed by atoms with Crippen molar-refractivity contribution in [3.8, 4) is 11.5 Å². The van der Waals surface area contributed by atoms with Gasteiger partial charge in [0.2, 0.25) is 0 Å². The number of hydrogen-bond donors (Lipinski definition) is 2. The van der Waals surface area contributed by atoms with E-state index in [0.29, 0.717) is 35.0 Å². The Bertz CT molecular complexity index is 1060. The minimum absolute atomic E-state index is 0.367. The molecule has 1 fully saturated rings. The van der Waals surface area contributed by atoms with Gasteiger partial charge in [0.05, 0.1) is 31.0 Å². The highest BCUT2D eigenvalue weighted by atomic mass is 32.2. The van der Waals surface area contributed by atoms with Crippen LogP contribution < -0.4 is 25.5 Å². The molecule has 3 N–H and O–H groups in total. The molecule has 1 saturated heterocycles. The quantitative estimate of drug-likeness (QED) is 0.470. The molecule has 0 aliphatic carbocycles. The van der Waals surface area contributed by atoms with Crippen molar-refractivity contribution in [2.75, 3.05) is 38.8 Å². The first-order valence-electron chi connectivity index (χ1n) is 9.57. The maximum Gasteiger partial charge on any atom is 0.327 e. The lowest BCUT2D eigenvalue weighted by molar-refractivity contribution is 0.100. The Morgan fingerprint density at radius 3 is 2.53 bits per heavy atom. The largest absolute Gasteiger partial charge is 0.493 e. The lowest BCUT2D eigenvalue weighted by atomic mass is 9.92. The Labute approximate surface area is 176 Å². The van der Waals surface area contributed by atoms with Crippen LogP contribution in [0.2, 0.25) is 0 Å². The highest BCUT2D eigenvalue weighted by Gasteiger charge is 2.25. The van der Waals surface area contributed by atoms with Crippen LogP contribution in [0.3, 0.4) is 0 Å². The molecule has 0 bridgehead atoms. The maximum absolute atomic E-state index is 12.1. The van der Waals surface area contributed by atoms with Gasteiger partial charge in [0, 0.05) is 37.3 Å². The number of ether oxygens (including phenoxy) is 2. The fraction of sp³-hybridized carbons (Fsp3) is 0.474. The average molecular weight is 436 g/mol. The Kier molecular flexibility index (Phi) is 7.06. The van der Waals surface area contributed by atoms with Gasteiger partial charge < -0.3 is 20.1 Å². The number of methoxy groups -OCH3 is 2. The molecule has 30 heavy (non-hydrogen) atoms. The molecule has 2 aromatic rings. The number of aromatic nitrogens is 1. The summed E-state index contributed by atoms with van der Waals surface area (Å²) in [6, 6.07) is 3.60. The summed E-state index contributed by atoms with van der Waals surface area (Å²) in [6.45, 7) is 1.98. The number of amides is 1. The minimum atomic E-state index is -2.44. The van der Waals surface area contributed by atoms with Gasteiger partial charge in [-0.3, -0.25) is 9.78 Å². The first-order valence-corrected chi connectivity index (χ1v) is 10.6. The van der Waals surface area contributed by atoms with E-state index in [1.54, 1.807) is 20.3 Å². The first-order chi connectivity index (χ1) is 14.4. The fourth-order valence-electron chi connectivity index (χ4n) is 3.84.